The van der Waals surface area contributed by atoms with Gasteiger partial charge in [-0.2, -0.15) is 0 Å². The molecule has 0 aromatic carbocycles. The highest BCUT2D eigenvalue weighted by molar-refractivity contribution is 5.86. The van der Waals surface area contributed by atoms with Crippen LogP contribution in [-0.4, -0.2) is 32.1 Å². The number of unbranched alkanes of at least 4 members (excludes halogenated alkanes) is 2. The minimum atomic E-state index is -0.336. The van der Waals surface area contributed by atoms with Gasteiger partial charge in [0.15, 0.2) is 6.29 Å². The van der Waals surface area contributed by atoms with E-state index in [-0.39, 0.29) is 18.2 Å². The van der Waals surface area contributed by atoms with Crippen molar-refractivity contribution in [1.82, 2.24) is 0 Å². The van der Waals surface area contributed by atoms with Gasteiger partial charge in [-0.25, -0.2) is 4.79 Å². The van der Waals surface area contributed by atoms with E-state index in [1.807, 2.05) is 6.92 Å². The van der Waals surface area contributed by atoms with Crippen LogP contribution in [0.1, 0.15) is 59.8 Å². The minimum absolute atomic E-state index is 0.196. The summed E-state index contributed by atoms with van der Waals surface area (Å²) in [4.78, 5) is 11.4. The van der Waals surface area contributed by atoms with E-state index >= 15 is 0 Å². The molecule has 1 unspecified atom stereocenters. The Kier molecular flexibility index (Phi) is 12.3. The summed E-state index contributed by atoms with van der Waals surface area (Å²) in [6.45, 7) is 13.3. The summed E-state index contributed by atoms with van der Waals surface area (Å²) < 4.78 is 16.7. The van der Waals surface area contributed by atoms with E-state index in [0.29, 0.717) is 25.4 Å². The maximum absolute atomic E-state index is 11.4. The Morgan fingerprint density at radius 2 is 1.62 bits per heavy atom. The Bertz CT molecular complexity index is 279. The molecule has 4 nitrogen and oxygen atoms in total. The molecular weight excluding hydrogens is 268 g/mol. The van der Waals surface area contributed by atoms with Crippen molar-refractivity contribution in [1.29, 1.82) is 0 Å². The fourth-order valence-electron chi connectivity index (χ4n) is 1.64. The maximum Gasteiger partial charge on any atom is 0.333 e. The number of hydrogen-bond donors (Lipinski definition) is 0. The zero-order chi connectivity index (χ0) is 16.1. The van der Waals surface area contributed by atoms with Crippen molar-refractivity contribution < 1.29 is 19.0 Å². The van der Waals surface area contributed by atoms with Gasteiger partial charge in [-0.1, -0.05) is 40.2 Å². The largest absolute Gasteiger partial charge is 0.462 e. The van der Waals surface area contributed by atoms with E-state index in [1.165, 1.54) is 0 Å². The molecule has 1 atom stereocenters. The number of rotatable bonds is 13. The highest BCUT2D eigenvalue weighted by Gasteiger charge is 2.16. The van der Waals surface area contributed by atoms with Gasteiger partial charge in [-0.15, -0.1) is 0 Å². The molecule has 0 rings (SSSR count). The van der Waals surface area contributed by atoms with Crippen molar-refractivity contribution >= 4 is 5.97 Å². The molecule has 0 aromatic heterocycles. The summed E-state index contributed by atoms with van der Waals surface area (Å²) in [7, 11) is 0. The molecule has 0 heterocycles. The van der Waals surface area contributed by atoms with Crippen LogP contribution in [0, 0.1) is 5.92 Å². The van der Waals surface area contributed by atoms with E-state index < -0.39 is 0 Å². The Hall–Kier alpha value is -0.870. The molecule has 0 fully saturated rings. The first kappa shape index (κ1) is 20.1. The third-order valence-corrected chi connectivity index (χ3v) is 3.05. The molecule has 0 spiro atoms. The molecule has 0 N–H and O–H groups in total. The summed E-state index contributed by atoms with van der Waals surface area (Å²) in [5.41, 5.74) is 0.428. The fraction of sp³-hybridized carbons (Fsp3) is 0.824. The fourth-order valence-corrected chi connectivity index (χ4v) is 1.64. The maximum atomic E-state index is 11.4. The molecular formula is C17H32O4. The van der Waals surface area contributed by atoms with Crippen LogP contribution in [0.4, 0.5) is 0 Å². The predicted molar refractivity (Wildman–Crippen MR) is 85.1 cm³/mol. The smallest absolute Gasteiger partial charge is 0.333 e. The van der Waals surface area contributed by atoms with E-state index in [1.54, 1.807) is 6.92 Å². The van der Waals surface area contributed by atoms with Crippen molar-refractivity contribution in [3.63, 3.8) is 0 Å². The van der Waals surface area contributed by atoms with Crippen molar-refractivity contribution in [3.8, 4) is 0 Å². The topological polar surface area (TPSA) is 44.8 Å². The van der Waals surface area contributed by atoms with Crippen LogP contribution < -0.4 is 0 Å². The minimum Gasteiger partial charge on any atom is -0.462 e. The van der Waals surface area contributed by atoms with Gasteiger partial charge in [0.1, 0.15) is 0 Å². The van der Waals surface area contributed by atoms with Crippen molar-refractivity contribution in [2.24, 2.45) is 5.92 Å². The zero-order valence-electron chi connectivity index (χ0n) is 14.2. The Labute approximate surface area is 129 Å². The quantitative estimate of drug-likeness (QED) is 0.222. The van der Waals surface area contributed by atoms with Gasteiger partial charge in [0.05, 0.1) is 6.61 Å². The average Bonchev–Trinajstić information content (AvgIpc) is 2.44. The predicted octanol–water partition coefficient (Wildman–Crippen LogP) is 4.09. The van der Waals surface area contributed by atoms with Crippen LogP contribution in [0.15, 0.2) is 12.2 Å². The SMILES string of the molecule is C=C(C)C(=O)OCC(C)CC(OCCCC)OCCCC. The second-order valence-electron chi connectivity index (χ2n) is 5.60. The van der Waals surface area contributed by atoms with Gasteiger partial charge in [-0.05, 0) is 25.7 Å². The molecule has 0 radical (unpaired) electrons. The lowest BCUT2D eigenvalue weighted by Crippen LogP contribution is -2.24. The van der Waals surface area contributed by atoms with Gasteiger partial charge in [0.25, 0.3) is 0 Å². The van der Waals surface area contributed by atoms with Crippen molar-refractivity contribution in [2.75, 3.05) is 19.8 Å². The first-order valence-corrected chi connectivity index (χ1v) is 8.07. The highest BCUT2D eigenvalue weighted by atomic mass is 16.7. The normalized spacial score (nSPS) is 12.4. The molecule has 4 heteroatoms. The molecule has 0 aromatic rings. The lowest BCUT2D eigenvalue weighted by molar-refractivity contribution is -0.158. The van der Waals surface area contributed by atoms with Gasteiger partial charge in [-0.3, -0.25) is 0 Å². The first-order valence-electron chi connectivity index (χ1n) is 8.07. The number of ether oxygens (including phenoxy) is 3. The number of esters is 1. The van der Waals surface area contributed by atoms with Gasteiger partial charge >= 0.3 is 5.97 Å². The lowest BCUT2D eigenvalue weighted by atomic mass is 10.1. The molecule has 124 valence electrons. The van der Waals surface area contributed by atoms with Gasteiger partial charge in [0.2, 0.25) is 0 Å². The number of hydrogen-bond acceptors (Lipinski definition) is 4. The van der Waals surface area contributed by atoms with E-state index in [9.17, 15) is 4.79 Å². The summed E-state index contributed by atoms with van der Waals surface area (Å²) in [5.74, 6) is -0.140. The van der Waals surface area contributed by atoms with Crippen molar-refractivity contribution in [3.05, 3.63) is 12.2 Å². The molecule has 0 aliphatic carbocycles. The van der Waals surface area contributed by atoms with Gasteiger partial charge < -0.3 is 14.2 Å². The molecule has 0 bridgehead atoms. The second-order valence-corrected chi connectivity index (χ2v) is 5.60. The standard InChI is InChI=1S/C17H32O4/c1-6-8-10-19-16(20-11-9-7-2)12-15(5)13-21-17(18)14(3)4/h15-16H,3,6-13H2,1-2,4-5H3. The summed E-state index contributed by atoms with van der Waals surface area (Å²) >= 11 is 0. The average molecular weight is 300 g/mol. The third kappa shape index (κ3) is 11.5. The lowest BCUT2D eigenvalue weighted by Gasteiger charge is -2.22. The Morgan fingerprint density at radius 3 is 2.05 bits per heavy atom. The summed E-state index contributed by atoms with van der Waals surface area (Å²) in [6.07, 6.45) is 4.80. The zero-order valence-corrected chi connectivity index (χ0v) is 14.2. The van der Waals surface area contributed by atoms with Gasteiger partial charge in [0, 0.05) is 25.2 Å². The molecule has 21 heavy (non-hydrogen) atoms. The van der Waals surface area contributed by atoms with Crippen LogP contribution >= 0.6 is 0 Å². The van der Waals surface area contributed by atoms with Crippen LogP contribution in [0.2, 0.25) is 0 Å². The third-order valence-electron chi connectivity index (χ3n) is 3.05. The molecule has 0 amide bonds. The van der Waals surface area contributed by atoms with Crippen LogP contribution in [0.5, 0.6) is 0 Å². The Balaban J connectivity index is 4.09. The van der Waals surface area contributed by atoms with E-state index in [2.05, 4.69) is 20.4 Å². The van der Waals surface area contributed by atoms with Crippen LogP contribution in [-0.2, 0) is 19.0 Å². The number of carbonyl (C=O) groups is 1. The second kappa shape index (κ2) is 12.8. The molecule has 0 aliphatic heterocycles. The molecule has 0 saturated heterocycles. The molecule has 0 aliphatic rings. The monoisotopic (exact) mass is 300 g/mol. The highest BCUT2D eigenvalue weighted by Crippen LogP contribution is 2.13. The molecule has 0 saturated carbocycles. The van der Waals surface area contributed by atoms with E-state index in [4.69, 9.17) is 14.2 Å². The number of carbonyl (C=O) groups excluding carboxylic acids is 1. The van der Waals surface area contributed by atoms with Crippen LogP contribution in [0.3, 0.4) is 0 Å². The van der Waals surface area contributed by atoms with Crippen molar-refractivity contribution in [2.45, 2.75) is 66.1 Å². The van der Waals surface area contributed by atoms with Crippen LogP contribution in [0.25, 0.3) is 0 Å². The van der Waals surface area contributed by atoms with E-state index in [0.717, 1.165) is 32.1 Å². The Morgan fingerprint density at radius 1 is 1.10 bits per heavy atom. The summed E-state index contributed by atoms with van der Waals surface area (Å²) in [5, 5.41) is 0. The summed E-state index contributed by atoms with van der Waals surface area (Å²) in [6, 6.07) is 0. The first-order chi connectivity index (χ1) is 10.0.